The molecule has 1 aromatic carbocycles. The highest BCUT2D eigenvalue weighted by molar-refractivity contribution is 7.17. The van der Waals surface area contributed by atoms with Gasteiger partial charge in [-0.25, -0.2) is 0 Å². The van der Waals surface area contributed by atoms with E-state index in [9.17, 15) is 4.79 Å². The smallest absolute Gasteiger partial charge is 0.266 e. The Labute approximate surface area is 140 Å². The zero-order chi connectivity index (χ0) is 15.4. The van der Waals surface area contributed by atoms with Crippen LogP contribution in [0.25, 0.3) is 6.08 Å². The summed E-state index contributed by atoms with van der Waals surface area (Å²) in [6, 6.07) is 9.95. The van der Waals surface area contributed by atoms with Crippen LogP contribution in [0.2, 0.25) is 14.4 Å². The summed E-state index contributed by atoms with van der Waals surface area (Å²) in [5, 5.41) is 12.4. The molecule has 0 atom stereocenters. The van der Waals surface area contributed by atoms with E-state index in [0.717, 1.165) is 0 Å². The lowest BCUT2D eigenvalue weighted by atomic mass is 10.2. The molecule has 0 spiro atoms. The van der Waals surface area contributed by atoms with Gasteiger partial charge in [-0.15, -0.1) is 11.3 Å². The Morgan fingerprint density at radius 2 is 2.00 bits per heavy atom. The van der Waals surface area contributed by atoms with E-state index in [1.165, 1.54) is 23.5 Å². The number of anilines is 1. The summed E-state index contributed by atoms with van der Waals surface area (Å²) in [4.78, 5) is 12.8. The molecule has 1 aromatic heterocycles. The van der Waals surface area contributed by atoms with Gasteiger partial charge in [-0.2, -0.15) is 5.26 Å². The molecule has 0 fully saturated rings. The maximum atomic E-state index is 12.1. The molecule has 0 saturated carbocycles. The van der Waals surface area contributed by atoms with Gasteiger partial charge in [-0.1, -0.05) is 34.8 Å². The molecule has 0 aliphatic rings. The first kappa shape index (κ1) is 15.9. The fourth-order valence-corrected chi connectivity index (χ4v) is 2.94. The van der Waals surface area contributed by atoms with Crippen molar-refractivity contribution in [3.8, 4) is 6.07 Å². The van der Waals surface area contributed by atoms with Crippen molar-refractivity contribution in [2.24, 2.45) is 0 Å². The summed E-state index contributed by atoms with van der Waals surface area (Å²) in [6.45, 7) is 0. The quantitative estimate of drug-likeness (QED) is 0.602. The monoisotopic (exact) mass is 356 g/mol. The van der Waals surface area contributed by atoms with Gasteiger partial charge in [0.15, 0.2) is 0 Å². The van der Waals surface area contributed by atoms with Crippen molar-refractivity contribution < 1.29 is 4.79 Å². The standard InChI is InChI=1S/C14H7Cl3N2OS/c15-9-1-3-12(11(16)6-9)19-14(20)8(7-18)5-10-2-4-13(17)21-10/h1-6H,(H,19,20)/b8-5+. The molecule has 0 aliphatic carbocycles. The second-order valence-corrected chi connectivity index (χ2v) is 6.48. The zero-order valence-electron chi connectivity index (χ0n) is 10.4. The molecule has 2 rings (SSSR count). The van der Waals surface area contributed by atoms with E-state index in [1.807, 2.05) is 6.07 Å². The van der Waals surface area contributed by atoms with Crippen molar-refractivity contribution in [3.05, 3.63) is 55.2 Å². The number of amides is 1. The summed E-state index contributed by atoms with van der Waals surface area (Å²) in [6.07, 6.45) is 1.47. The molecule has 21 heavy (non-hydrogen) atoms. The number of nitrogens with zero attached hydrogens (tertiary/aromatic N) is 1. The summed E-state index contributed by atoms with van der Waals surface area (Å²) < 4.78 is 0.583. The van der Waals surface area contributed by atoms with E-state index in [2.05, 4.69) is 5.32 Å². The number of hydrogen-bond donors (Lipinski definition) is 1. The number of hydrogen-bond acceptors (Lipinski definition) is 3. The van der Waals surface area contributed by atoms with Gasteiger partial charge in [0.2, 0.25) is 0 Å². The highest BCUT2D eigenvalue weighted by Gasteiger charge is 2.12. The van der Waals surface area contributed by atoms with E-state index in [4.69, 9.17) is 40.1 Å². The van der Waals surface area contributed by atoms with E-state index < -0.39 is 5.91 Å². The minimum absolute atomic E-state index is 0.0421. The van der Waals surface area contributed by atoms with Gasteiger partial charge in [-0.05, 0) is 36.4 Å². The molecule has 0 aliphatic heterocycles. The number of nitriles is 1. The van der Waals surface area contributed by atoms with Gasteiger partial charge in [0, 0.05) is 9.90 Å². The molecule has 106 valence electrons. The average molecular weight is 358 g/mol. The fraction of sp³-hybridized carbons (Fsp3) is 0. The number of rotatable bonds is 3. The minimum atomic E-state index is -0.550. The van der Waals surface area contributed by atoms with E-state index in [-0.39, 0.29) is 5.57 Å². The summed E-state index contributed by atoms with van der Waals surface area (Å²) in [5.74, 6) is -0.550. The molecule has 2 aromatic rings. The molecule has 0 unspecified atom stereocenters. The first-order valence-electron chi connectivity index (χ1n) is 5.63. The molecular weight excluding hydrogens is 351 g/mol. The lowest BCUT2D eigenvalue weighted by Crippen LogP contribution is -2.13. The van der Waals surface area contributed by atoms with Crippen LogP contribution in [0.4, 0.5) is 5.69 Å². The number of thiophene rings is 1. The normalized spacial score (nSPS) is 11.0. The van der Waals surface area contributed by atoms with Gasteiger partial charge in [0.05, 0.1) is 15.0 Å². The maximum absolute atomic E-state index is 12.1. The Hall–Kier alpha value is -1.51. The SMILES string of the molecule is N#C/C(=C\c1ccc(Cl)s1)C(=O)Nc1ccc(Cl)cc1Cl. The van der Waals surface area contributed by atoms with Gasteiger partial charge in [0.1, 0.15) is 11.6 Å². The fourth-order valence-electron chi connectivity index (χ4n) is 1.48. The lowest BCUT2D eigenvalue weighted by Gasteiger charge is -2.06. The molecule has 1 heterocycles. The van der Waals surface area contributed by atoms with Crippen LogP contribution in [-0.2, 0) is 4.79 Å². The Kier molecular flexibility index (Phi) is 5.27. The number of nitrogens with one attached hydrogen (secondary N) is 1. The topological polar surface area (TPSA) is 52.9 Å². The second kappa shape index (κ2) is 6.97. The van der Waals surface area contributed by atoms with Gasteiger partial charge in [-0.3, -0.25) is 4.79 Å². The van der Waals surface area contributed by atoms with Crippen molar-refractivity contribution in [1.29, 1.82) is 5.26 Å². The number of halogens is 3. The van der Waals surface area contributed by atoms with E-state index in [0.29, 0.717) is 24.9 Å². The van der Waals surface area contributed by atoms with Crippen LogP contribution in [0.1, 0.15) is 4.88 Å². The molecule has 0 saturated heterocycles. The van der Waals surface area contributed by atoms with Crippen molar-refractivity contribution in [3.63, 3.8) is 0 Å². The predicted molar refractivity (Wildman–Crippen MR) is 88.0 cm³/mol. The Bertz CT molecular complexity index is 762. The maximum Gasteiger partial charge on any atom is 0.266 e. The lowest BCUT2D eigenvalue weighted by molar-refractivity contribution is -0.112. The summed E-state index contributed by atoms with van der Waals surface area (Å²) in [5.41, 5.74) is 0.343. The zero-order valence-corrected chi connectivity index (χ0v) is 13.4. The van der Waals surface area contributed by atoms with Crippen LogP contribution in [-0.4, -0.2) is 5.91 Å². The van der Waals surface area contributed by atoms with Crippen LogP contribution in [0.15, 0.2) is 35.9 Å². The van der Waals surface area contributed by atoms with Gasteiger partial charge in [0.25, 0.3) is 5.91 Å². The van der Waals surface area contributed by atoms with Crippen molar-refractivity contribution in [1.82, 2.24) is 0 Å². The molecule has 1 N–H and O–H groups in total. The minimum Gasteiger partial charge on any atom is -0.320 e. The molecule has 0 radical (unpaired) electrons. The van der Waals surface area contributed by atoms with Gasteiger partial charge >= 0.3 is 0 Å². The first-order valence-corrected chi connectivity index (χ1v) is 7.58. The Morgan fingerprint density at radius 1 is 1.24 bits per heavy atom. The molecule has 7 heteroatoms. The third-order valence-electron chi connectivity index (χ3n) is 2.42. The third-order valence-corrected chi connectivity index (χ3v) is 4.15. The highest BCUT2D eigenvalue weighted by Crippen LogP contribution is 2.27. The molecule has 1 amide bonds. The van der Waals surface area contributed by atoms with Gasteiger partial charge < -0.3 is 5.32 Å². The average Bonchev–Trinajstić information content (AvgIpc) is 2.84. The third kappa shape index (κ3) is 4.23. The summed E-state index contributed by atoms with van der Waals surface area (Å²) in [7, 11) is 0. The van der Waals surface area contributed by atoms with Crippen LogP contribution in [0, 0.1) is 11.3 Å². The second-order valence-electron chi connectivity index (χ2n) is 3.89. The van der Waals surface area contributed by atoms with Crippen LogP contribution >= 0.6 is 46.1 Å². The Balaban J connectivity index is 2.21. The number of benzene rings is 1. The number of carbonyl (C=O) groups is 1. The van der Waals surface area contributed by atoms with E-state index in [1.54, 1.807) is 24.3 Å². The van der Waals surface area contributed by atoms with E-state index >= 15 is 0 Å². The van der Waals surface area contributed by atoms with Crippen LogP contribution in [0.3, 0.4) is 0 Å². The largest absolute Gasteiger partial charge is 0.320 e. The molecule has 0 bridgehead atoms. The van der Waals surface area contributed by atoms with Crippen LogP contribution in [0.5, 0.6) is 0 Å². The predicted octanol–water partition coefficient (Wildman–Crippen LogP) is 5.25. The van der Waals surface area contributed by atoms with Crippen molar-refractivity contribution in [2.45, 2.75) is 0 Å². The highest BCUT2D eigenvalue weighted by atomic mass is 35.5. The number of carbonyl (C=O) groups excluding carboxylic acids is 1. The summed E-state index contributed by atoms with van der Waals surface area (Å²) >= 11 is 18.8. The van der Waals surface area contributed by atoms with Crippen LogP contribution < -0.4 is 5.32 Å². The van der Waals surface area contributed by atoms with Crippen molar-refractivity contribution >= 4 is 63.8 Å². The van der Waals surface area contributed by atoms with Crippen molar-refractivity contribution in [2.75, 3.05) is 5.32 Å². The molecular formula is C14H7Cl3N2OS. The first-order chi connectivity index (χ1) is 9.99. The molecule has 3 nitrogen and oxygen atoms in total. The Morgan fingerprint density at radius 3 is 2.57 bits per heavy atom.